The Balaban J connectivity index is 1.81. The summed E-state index contributed by atoms with van der Waals surface area (Å²) in [6, 6.07) is -0.121. The number of aryl methyl sites for hydroxylation is 1. The molecule has 0 aliphatic heterocycles. The van der Waals surface area contributed by atoms with Crippen LogP contribution in [0.3, 0.4) is 0 Å². The van der Waals surface area contributed by atoms with Gasteiger partial charge in [0.25, 0.3) is 0 Å². The zero-order valence-corrected chi connectivity index (χ0v) is 12.6. The summed E-state index contributed by atoms with van der Waals surface area (Å²) in [4.78, 5) is 12.9. The van der Waals surface area contributed by atoms with Crippen molar-refractivity contribution in [1.82, 2.24) is 20.1 Å². The molecule has 2 heterocycles. The average Bonchev–Trinajstić information content (AvgIpc) is 3.16. The lowest BCUT2D eigenvalue weighted by Gasteiger charge is -2.15. The molecule has 3 rings (SSSR count). The van der Waals surface area contributed by atoms with E-state index in [1.54, 1.807) is 0 Å². The van der Waals surface area contributed by atoms with Gasteiger partial charge in [-0.15, -0.1) is 0 Å². The highest BCUT2D eigenvalue weighted by atomic mass is 16.5. The fraction of sp³-hybridized carbons (Fsp3) is 0.571. The van der Waals surface area contributed by atoms with Gasteiger partial charge in [0.05, 0.1) is 0 Å². The normalized spacial score (nSPS) is 16.0. The lowest BCUT2D eigenvalue weighted by Crippen LogP contribution is -2.13. The molecule has 1 aliphatic carbocycles. The molecule has 0 bridgehead atoms. The molecule has 112 valence electrons. The molecule has 1 saturated carbocycles. The molecule has 7 nitrogen and oxygen atoms in total. The Labute approximate surface area is 123 Å². The SMILES string of the molecule is CCc1c(C)nc(N)nc1NC(C)c1nc(C2CC2)no1. The van der Waals surface area contributed by atoms with Crippen LogP contribution in [0.1, 0.15) is 61.6 Å². The maximum atomic E-state index is 5.74. The van der Waals surface area contributed by atoms with E-state index in [0.717, 1.165) is 42.2 Å². The minimum absolute atomic E-state index is 0.121. The van der Waals surface area contributed by atoms with Gasteiger partial charge in [-0.2, -0.15) is 9.97 Å². The number of hydrogen-bond acceptors (Lipinski definition) is 7. The number of nitrogens with zero attached hydrogens (tertiary/aromatic N) is 4. The van der Waals surface area contributed by atoms with Crippen LogP contribution in [0, 0.1) is 6.92 Å². The van der Waals surface area contributed by atoms with E-state index in [4.69, 9.17) is 10.3 Å². The van der Waals surface area contributed by atoms with Gasteiger partial charge in [-0.3, -0.25) is 0 Å². The largest absolute Gasteiger partial charge is 0.368 e. The van der Waals surface area contributed by atoms with E-state index < -0.39 is 0 Å². The monoisotopic (exact) mass is 288 g/mol. The molecule has 2 aromatic heterocycles. The molecule has 1 atom stereocenters. The van der Waals surface area contributed by atoms with Crippen molar-refractivity contribution in [2.45, 2.75) is 52.0 Å². The third-order valence-electron chi connectivity index (χ3n) is 3.71. The highest BCUT2D eigenvalue weighted by molar-refractivity contribution is 5.50. The van der Waals surface area contributed by atoms with Gasteiger partial charge >= 0.3 is 0 Å². The van der Waals surface area contributed by atoms with Gasteiger partial charge < -0.3 is 15.6 Å². The zero-order valence-electron chi connectivity index (χ0n) is 12.6. The van der Waals surface area contributed by atoms with E-state index in [2.05, 4.69) is 32.3 Å². The Morgan fingerprint density at radius 1 is 1.33 bits per heavy atom. The number of nitrogens with two attached hydrogens (primary N) is 1. The molecular weight excluding hydrogens is 268 g/mol. The van der Waals surface area contributed by atoms with Crippen LogP contribution in [-0.4, -0.2) is 20.1 Å². The topological polar surface area (TPSA) is 103 Å². The maximum absolute atomic E-state index is 5.74. The predicted octanol–water partition coefficient (Wildman–Crippen LogP) is 2.36. The fourth-order valence-electron chi connectivity index (χ4n) is 2.36. The molecule has 0 radical (unpaired) electrons. The first-order chi connectivity index (χ1) is 10.1. The molecule has 0 spiro atoms. The van der Waals surface area contributed by atoms with E-state index in [1.165, 1.54) is 0 Å². The zero-order chi connectivity index (χ0) is 15.0. The lowest BCUT2D eigenvalue weighted by atomic mass is 10.1. The second kappa shape index (κ2) is 5.31. The van der Waals surface area contributed by atoms with Gasteiger partial charge in [0.15, 0.2) is 5.82 Å². The summed E-state index contributed by atoms with van der Waals surface area (Å²) in [6.07, 6.45) is 3.14. The summed E-state index contributed by atoms with van der Waals surface area (Å²) in [5, 5.41) is 7.34. The first-order valence-corrected chi connectivity index (χ1v) is 7.31. The van der Waals surface area contributed by atoms with Crippen molar-refractivity contribution in [1.29, 1.82) is 0 Å². The van der Waals surface area contributed by atoms with Crippen LogP contribution in [-0.2, 0) is 6.42 Å². The van der Waals surface area contributed by atoms with Crippen LogP contribution in [0.2, 0.25) is 0 Å². The van der Waals surface area contributed by atoms with Crippen molar-refractivity contribution in [2.75, 3.05) is 11.1 Å². The van der Waals surface area contributed by atoms with Crippen LogP contribution >= 0.6 is 0 Å². The number of nitrogens with one attached hydrogen (secondary N) is 1. The summed E-state index contributed by atoms with van der Waals surface area (Å²) in [5.74, 6) is 2.88. The van der Waals surface area contributed by atoms with Crippen molar-refractivity contribution < 1.29 is 4.52 Å². The minimum Gasteiger partial charge on any atom is -0.368 e. The Morgan fingerprint density at radius 3 is 2.76 bits per heavy atom. The first kappa shape index (κ1) is 13.8. The quantitative estimate of drug-likeness (QED) is 0.870. The highest BCUT2D eigenvalue weighted by Crippen LogP contribution is 2.38. The summed E-state index contributed by atoms with van der Waals surface area (Å²) >= 11 is 0. The van der Waals surface area contributed by atoms with E-state index in [-0.39, 0.29) is 12.0 Å². The molecule has 1 fully saturated rings. The summed E-state index contributed by atoms with van der Waals surface area (Å²) < 4.78 is 5.34. The average molecular weight is 288 g/mol. The van der Waals surface area contributed by atoms with Crippen molar-refractivity contribution >= 4 is 11.8 Å². The Kier molecular flexibility index (Phi) is 3.48. The van der Waals surface area contributed by atoms with Crippen LogP contribution in [0.25, 0.3) is 0 Å². The van der Waals surface area contributed by atoms with Gasteiger partial charge in [0.1, 0.15) is 11.9 Å². The fourth-order valence-corrected chi connectivity index (χ4v) is 2.36. The van der Waals surface area contributed by atoms with Gasteiger partial charge in [0, 0.05) is 17.2 Å². The van der Waals surface area contributed by atoms with Gasteiger partial charge in [-0.25, -0.2) is 4.98 Å². The van der Waals surface area contributed by atoms with Crippen LogP contribution < -0.4 is 11.1 Å². The smallest absolute Gasteiger partial charge is 0.248 e. The Bertz CT molecular complexity index is 649. The molecule has 0 amide bonds. The maximum Gasteiger partial charge on any atom is 0.248 e. The molecule has 0 saturated heterocycles. The van der Waals surface area contributed by atoms with Crippen molar-refractivity contribution in [3.05, 3.63) is 23.0 Å². The van der Waals surface area contributed by atoms with Gasteiger partial charge in [-0.1, -0.05) is 12.1 Å². The Hall–Kier alpha value is -2.18. The standard InChI is InChI=1S/C14H20N6O/c1-4-10-7(2)17-14(15)19-12(10)16-8(3)13-18-11(20-21-13)9-5-6-9/h8-9H,4-6H2,1-3H3,(H3,15,16,17,19). The third-order valence-corrected chi connectivity index (χ3v) is 3.71. The number of aromatic nitrogens is 4. The molecule has 21 heavy (non-hydrogen) atoms. The summed E-state index contributed by atoms with van der Waals surface area (Å²) in [7, 11) is 0. The van der Waals surface area contributed by atoms with Crippen LogP contribution in [0.5, 0.6) is 0 Å². The number of hydrogen-bond donors (Lipinski definition) is 2. The van der Waals surface area contributed by atoms with E-state index in [9.17, 15) is 0 Å². The molecule has 2 aromatic rings. The predicted molar refractivity (Wildman–Crippen MR) is 78.9 cm³/mol. The van der Waals surface area contributed by atoms with Crippen molar-refractivity contribution in [3.8, 4) is 0 Å². The molecular formula is C14H20N6O. The van der Waals surface area contributed by atoms with Crippen LogP contribution in [0.4, 0.5) is 11.8 Å². The summed E-state index contributed by atoms with van der Waals surface area (Å²) in [6.45, 7) is 5.97. The number of anilines is 2. The lowest BCUT2D eigenvalue weighted by molar-refractivity contribution is 0.362. The highest BCUT2D eigenvalue weighted by Gasteiger charge is 2.29. The molecule has 1 aliphatic rings. The van der Waals surface area contributed by atoms with Crippen LogP contribution in [0.15, 0.2) is 4.52 Å². The van der Waals surface area contributed by atoms with Gasteiger partial charge in [-0.05, 0) is 33.1 Å². The van der Waals surface area contributed by atoms with E-state index in [0.29, 0.717) is 11.8 Å². The van der Waals surface area contributed by atoms with Crippen molar-refractivity contribution in [3.63, 3.8) is 0 Å². The molecule has 7 heteroatoms. The first-order valence-electron chi connectivity index (χ1n) is 7.31. The molecule has 1 unspecified atom stereocenters. The van der Waals surface area contributed by atoms with E-state index >= 15 is 0 Å². The Morgan fingerprint density at radius 2 is 2.10 bits per heavy atom. The number of nitrogen functional groups attached to an aromatic ring is 1. The third kappa shape index (κ3) is 2.81. The molecule has 0 aromatic carbocycles. The van der Waals surface area contributed by atoms with Gasteiger partial charge in [0.2, 0.25) is 11.8 Å². The number of rotatable bonds is 5. The van der Waals surface area contributed by atoms with Crippen molar-refractivity contribution in [2.24, 2.45) is 0 Å². The minimum atomic E-state index is -0.121. The summed E-state index contributed by atoms with van der Waals surface area (Å²) in [5.41, 5.74) is 7.68. The van der Waals surface area contributed by atoms with E-state index in [1.807, 2.05) is 13.8 Å². The second-order valence-electron chi connectivity index (χ2n) is 5.48. The second-order valence-corrected chi connectivity index (χ2v) is 5.48. The molecule has 3 N–H and O–H groups in total.